The van der Waals surface area contributed by atoms with Gasteiger partial charge in [-0.05, 0) is 29.8 Å². The third-order valence-electron chi connectivity index (χ3n) is 2.58. The van der Waals surface area contributed by atoms with Gasteiger partial charge in [0.25, 0.3) is 10.0 Å². The number of hydrogen-bond donors (Lipinski definition) is 1. The topological polar surface area (TPSA) is 89.3 Å². The average Bonchev–Trinajstić information content (AvgIpc) is 2.46. The van der Waals surface area contributed by atoms with Gasteiger partial charge in [0.15, 0.2) is 0 Å². The Labute approximate surface area is 121 Å². The zero-order chi connectivity index (χ0) is 15.3. The first-order valence-corrected chi connectivity index (χ1v) is 7.45. The second-order valence-electron chi connectivity index (χ2n) is 4.15. The molecule has 2 aromatic rings. The van der Waals surface area contributed by atoms with Gasteiger partial charge in [0, 0.05) is 11.8 Å². The zero-order valence-corrected chi connectivity index (χ0v) is 11.7. The van der Waals surface area contributed by atoms with Crippen LogP contribution in [0, 0.1) is 10.1 Å². The van der Waals surface area contributed by atoms with E-state index in [-0.39, 0.29) is 4.90 Å². The lowest BCUT2D eigenvalue weighted by Gasteiger charge is -2.08. The minimum Gasteiger partial charge on any atom is -0.280 e. The predicted molar refractivity (Wildman–Crippen MR) is 79.7 cm³/mol. The molecule has 0 radical (unpaired) electrons. The van der Waals surface area contributed by atoms with Crippen molar-refractivity contribution in [2.45, 2.75) is 4.90 Å². The summed E-state index contributed by atoms with van der Waals surface area (Å²) in [6.07, 6.45) is 2.00. The molecule has 0 atom stereocenters. The van der Waals surface area contributed by atoms with Crippen molar-refractivity contribution in [1.82, 2.24) is 0 Å². The van der Waals surface area contributed by atoms with Crippen LogP contribution in [0.4, 0.5) is 5.69 Å². The van der Waals surface area contributed by atoms with Gasteiger partial charge in [-0.1, -0.05) is 30.3 Å². The predicted octanol–water partition coefficient (Wildman–Crippen LogP) is 2.73. The van der Waals surface area contributed by atoms with Crippen LogP contribution >= 0.6 is 0 Å². The van der Waals surface area contributed by atoms with E-state index < -0.39 is 14.9 Å². The molecule has 0 amide bonds. The fourth-order valence-electron chi connectivity index (χ4n) is 1.65. The number of hydrogen-bond acceptors (Lipinski definition) is 4. The molecule has 0 aliphatic carbocycles. The van der Waals surface area contributed by atoms with Crippen LogP contribution in [0.25, 0.3) is 6.08 Å². The van der Waals surface area contributed by atoms with E-state index in [1.807, 2.05) is 0 Å². The minimum absolute atomic E-state index is 0.0388. The van der Waals surface area contributed by atoms with Crippen molar-refractivity contribution in [3.05, 3.63) is 76.5 Å². The summed E-state index contributed by atoms with van der Waals surface area (Å²) in [6, 6.07) is 14.4. The Bertz CT molecular complexity index is 771. The molecule has 0 saturated heterocycles. The third-order valence-corrected chi connectivity index (χ3v) is 3.96. The van der Waals surface area contributed by atoms with Crippen molar-refractivity contribution in [1.29, 1.82) is 0 Å². The van der Waals surface area contributed by atoms with E-state index in [4.69, 9.17) is 0 Å². The van der Waals surface area contributed by atoms with E-state index in [0.29, 0.717) is 11.3 Å². The lowest BCUT2D eigenvalue weighted by Crippen LogP contribution is -2.12. The molecule has 0 unspecified atom stereocenters. The van der Waals surface area contributed by atoms with Crippen molar-refractivity contribution >= 4 is 21.8 Å². The molecule has 0 aliphatic rings. The highest BCUT2D eigenvalue weighted by molar-refractivity contribution is 7.92. The molecule has 7 heteroatoms. The molecular weight excluding hydrogens is 292 g/mol. The van der Waals surface area contributed by atoms with Crippen molar-refractivity contribution in [2.75, 3.05) is 4.72 Å². The molecule has 2 rings (SSSR count). The zero-order valence-electron chi connectivity index (χ0n) is 10.8. The van der Waals surface area contributed by atoms with E-state index in [0.717, 1.165) is 6.20 Å². The molecule has 0 aromatic heterocycles. The lowest BCUT2D eigenvalue weighted by atomic mass is 10.2. The Morgan fingerprint density at radius 3 is 2.43 bits per heavy atom. The summed E-state index contributed by atoms with van der Waals surface area (Å²) < 4.78 is 26.9. The standard InChI is InChI=1S/C14H12N2O4S/c17-16(18)10-9-12-5-4-8-14(11-12)21(19,20)15-13-6-2-1-3-7-13/h1-11,15H/b10-9+. The van der Waals surface area contributed by atoms with E-state index >= 15 is 0 Å². The van der Waals surface area contributed by atoms with Crippen LogP contribution in [0.15, 0.2) is 65.7 Å². The fourth-order valence-corrected chi connectivity index (χ4v) is 2.77. The van der Waals surface area contributed by atoms with Crippen molar-refractivity contribution in [3.63, 3.8) is 0 Å². The fraction of sp³-hybridized carbons (Fsp3) is 0. The van der Waals surface area contributed by atoms with Gasteiger partial charge in [-0.25, -0.2) is 8.42 Å². The van der Waals surface area contributed by atoms with Gasteiger partial charge in [-0.15, -0.1) is 0 Å². The smallest absolute Gasteiger partial charge is 0.261 e. The molecule has 2 aromatic carbocycles. The molecule has 0 heterocycles. The lowest BCUT2D eigenvalue weighted by molar-refractivity contribution is -0.400. The van der Waals surface area contributed by atoms with Gasteiger partial charge < -0.3 is 0 Å². The number of rotatable bonds is 5. The summed E-state index contributed by atoms with van der Waals surface area (Å²) in [5.41, 5.74) is 0.881. The first kappa shape index (κ1) is 14.7. The maximum atomic E-state index is 12.2. The van der Waals surface area contributed by atoms with Crippen LogP contribution in [-0.2, 0) is 10.0 Å². The maximum absolute atomic E-state index is 12.2. The second-order valence-corrected chi connectivity index (χ2v) is 5.83. The third kappa shape index (κ3) is 4.15. The van der Waals surface area contributed by atoms with Gasteiger partial charge in [0.05, 0.1) is 9.82 Å². The molecular formula is C14H12N2O4S. The van der Waals surface area contributed by atoms with E-state index in [1.54, 1.807) is 36.4 Å². The summed E-state index contributed by atoms with van der Waals surface area (Å²) >= 11 is 0. The highest BCUT2D eigenvalue weighted by Crippen LogP contribution is 2.17. The number of anilines is 1. The van der Waals surface area contributed by atoms with Crippen LogP contribution in [0.3, 0.4) is 0 Å². The van der Waals surface area contributed by atoms with Crippen LogP contribution in [0.2, 0.25) is 0 Å². The molecule has 0 saturated carbocycles. The molecule has 0 fully saturated rings. The summed E-state index contributed by atoms with van der Waals surface area (Å²) in [6.45, 7) is 0. The van der Waals surface area contributed by atoms with Crippen molar-refractivity contribution in [2.24, 2.45) is 0 Å². The van der Waals surface area contributed by atoms with Gasteiger partial charge in [0.2, 0.25) is 6.20 Å². The number of para-hydroxylation sites is 1. The molecule has 6 nitrogen and oxygen atoms in total. The number of nitrogens with one attached hydrogen (secondary N) is 1. The SMILES string of the molecule is O=[N+]([O-])/C=C/c1cccc(S(=O)(=O)Nc2ccccc2)c1. The number of nitro groups is 1. The highest BCUT2D eigenvalue weighted by atomic mass is 32.2. The minimum atomic E-state index is -3.73. The largest absolute Gasteiger partial charge is 0.280 e. The van der Waals surface area contributed by atoms with E-state index in [9.17, 15) is 18.5 Å². The summed E-state index contributed by atoms with van der Waals surface area (Å²) in [7, 11) is -3.73. The molecule has 0 spiro atoms. The summed E-state index contributed by atoms with van der Waals surface area (Å²) in [5.74, 6) is 0. The van der Waals surface area contributed by atoms with E-state index in [2.05, 4.69) is 4.72 Å². The number of nitrogens with zero attached hydrogens (tertiary/aromatic N) is 1. The van der Waals surface area contributed by atoms with Crippen LogP contribution in [0.1, 0.15) is 5.56 Å². The quantitative estimate of drug-likeness (QED) is 0.679. The second kappa shape index (κ2) is 6.19. The molecule has 0 aliphatic heterocycles. The Hall–Kier alpha value is -2.67. The van der Waals surface area contributed by atoms with Gasteiger partial charge in [0.1, 0.15) is 0 Å². The van der Waals surface area contributed by atoms with Gasteiger partial charge >= 0.3 is 0 Å². The summed E-state index contributed by atoms with van der Waals surface area (Å²) in [5, 5.41) is 10.3. The van der Waals surface area contributed by atoms with Gasteiger partial charge in [-0.3, -0.25) is 14.8 Å². The van der Waals surface area contributed by atoms with Crippen LogP contribution in [-0.4, -0.2) is 13.3 Å². The molecule has 108 valence electrons. The van der Waals surface area contributed by atoms with Crippen molar-refractivity contribution < 1.29 is 13.3 Å². The first-order chi connectivity index (χ1) is 9.97. The molecule has 1 N–H and O–H groups in total. The highest BCUT2D eigenvalue weighted by Gasteiger charge is 2.14. The van der Waals surface area contributed by atoms with Crippen LogP contribution in [0.5, 0.6) is 0 Å². The molecule has 21 heavy (non-hydrogen) atoms. The van der Waals surface area contributed by atoms with Crippen molar-refractivity contribution in [3.8, 4) is 0 Å². The Kier molecular flexibility index (Phi) is 4.34. The normalized spacial score (nSPS) is 11.4. The number of benzene rings is 2. The first-order valence-electron chi connectivity index (χ1n) is 5.97. The van der Waals surface area contributed by atoms with Crippen LogP contribution < -0.4 is 4.72 Å². The monoisotopic (exact) mass is 304 g/mol. The Balaban J connectivity index is 2.28. The van der Waals surface area contributed by atoms with E-state index in [1.165, 1.54) is 24.3 Å². The molecule has 0 bridgehead atoms. The summed E-state index contributed by atoms with van der Waals surface area (Å²) in [4.78, 5) is 9.71. The Morgan fingerprint density at radius 1 is 1.05 bits per heavy atom. The number of sulfonamides is 1. The van der Waals surface area contributed by atoms with Gasteiger partial charge in [-0.2, -0.15) is 0 Å². The average molecular weight is 304 g/mol. The maximum Gasteiger partial charge on any atom is 0.261 e. The Morgan fingerprint density at radius 2 is 1.76 bits per heavy atom.